The van der Waals surface area contributed by atoms with Crippen LogP contribution in [0.15, 0.2) is 42.6 Å². The molecule has 9 heteroatoms. The van der Waals surface area contributed by atoms with Crippen LogP contribution < -0.4 is 5.32 Å². The maximum Gasteiger partial charge on any atom is 0.277 e. The Balaban J connectivity index is 1.38. The number of hydrogen-bond donors (Lipinski definition) is 2. The molecule has 174 valence electrons. The third-order valence-electron chi connectivity index (χ3n) is 6.87. The van der Waals surface area contributed by atoms with Crippen molar-refractivity contribution in [2.75, 3.05) is 16.8 Å². The number of carbonyl (C=O) groups excluding carboxylic acids is 1. The summed E-state index contributed by atoms with van der Waals surface area (Å²) in [6.07, 6.45) is 5.11. The number of benzene rings is 1. The number of rotatable bonds is 5. The number of H-pyrrole nitrogens is 1. The lowest BCUT2D eigenvalue weighted by Crippen LogP contribution is -2.24. The van der Waals surface area contributed by atoms with Gasteiger partial charge in [-0.05, 0) is 36.7 Å². The summed E-state index contributed by atoms with van der Waals surface area (Å²) in [6.45, 7) is 4.45. The molecule has 2 N–H and O–H groups in total. The Hall–Kier alpha value is -2.94. The second-order valence-electron chi connectivity index (χ2n) is 10.0. The third kappa shape index (κ3) is 4.46. The van der Waals surface area contributed by atoms with Gasteiger partial charge in [-0.1, -0.05) is 44.2 Å². The highest BCUT2D eigenvalue weighted by atomic mass is 32.2. The molecule has 1 aliphatic carbocycles. The number of nitrogens with zero attached hydrogens (tertiary/aromatic N) is 3. The highest BCUT2D eigenvalue weighted by molar-refractivity contribution is 7.91. The summed E-state index contributed by atoms with van der Waals surface area (Å²) >= 11 is 0. The number of hydrogen-bond acceptors (Lipinski definition) is 5. The lowest BCUT2D eigenvalue weighted by molar-refractivity contribution is 0.102. The summed E-state index contributed by atoms with van der Waals surface area (Å²) in [4.78, 5) is 13.0. The Morgan fingerprint density at radius 3 is 2.76 bits per heavy atom. The Bertz CT molecular complexity index is 1280. The van der Waals surface area contributed by atoms with Gasteiger partial charge in [-0.2, -0.15) is 10.2 Å². The second-order valence-corrected chi connectivity index (χ2v) is 12.3. The molecule has 2 atom stereocenters. The van der Waals surface area contributed by atoms with Gasteiger partial charge in [-0.25, -0.2) is 8.42 Å². The van der Waals surface area contributed by atoms with Gasteiger partial charge in [0.15, 0.2) is 21.3 Å². The molecular weight excluding hydrogens is 438 g/mol. The van der Waals surface area contributed by atoms with Gasteiger partial charge in [0.25, 0.3) is 5.91 Å². The fourth-order valence-corrected chi connectivity index (χ4v) is 6.96. The quantitative estimate of drug-likeness (QED) is 0.598. The van der Waals surface area contributed by atoms with Crippen molar-refractivity contribution in [3.05, 3.63) is 65.1 Å². The molecule has 0 saturated carbocycles. The summed E-state index contributed by atoms with van der Waals surface area (Å²) in [5.41, 5.74) is 3.66. The average Bonchev–Trinajstić information content (AvgIpc) is 3.47. The topological polar surface area (TPSA) is 110 Å². The van der Waals surface area contributed by atoms with Gasteiger partial charge < -0.3 is 5.32 Å². The Morgan fingerprint density at radius 2 is 2.03 bits per heavy atom. The molecule has 3 aromatic rings. The zero-order valence-electron chi connectivity index (χ0n) is 18.9. The first-order valence-electron chi connectivity index (χ1n) is 11.4. The summed E-state index contributed by atoms with van der Waals surface area (Å²) in [6, 6.07) is 11.3. The number of fused-ring (bicyclic) bond motifs is 1. The predicted octanol–water partition coefficient (Wildman–Crippen LogP) is 3.40. The minimum absolute atomic E-state index is 0.0671. The first-order chi connectivity index (χ1) is 15.7. The van der Waals surface area contributed by atoms with Crippen LogP contribution in [0.1, 0.15) is 60.0 Å². The molecule has 0 spiro atoms. The van der Waals surface area contributed by atoms with E-state index in [2.05, 4.69) is 34.5 Å². The minimum atomic E-state index is -3.04. The van der Waals surface area contributed by atoms with Crippen molar-refractivity contribution in [1.29, 1.82) is 0 Å². The number of sulfone groups is 1. The van der Waals surface area contributed by atoms with Crippen molar-refractivity contribution < 1.29 is 13.2 Å². The van der Waals surface area contributed by atoms with E-state index in [4.69, 9.17) is 0 Å². The molecule has 1 saturated heterocycles. The number of nitrogens with one attached hydrogen (secondary N) is 2. The maximum atomic E-state index is 13.0. The molecule has 0 bridgehead atoms. The van der Waals surface area contributed by atoms with Crippen LogP contribution >= 0.6 is 0 Å². The summed E-state index contributed by atoms with van der Waals surface area (Å²) < 4.78 is 26.1. The van der Waals surface area contributed by atoms with Crippen molar-refractivity contribution in [3.8, 4) is 0 Å². The van der Waals surface area contributed by atoms with Crippen LogP contribution in [0.4, 0.5) is 5.82 Å². The van der Waals surface area contributed by atoms with Crippen molar-refractivity contribution in [2.45, 2.75) is 45.6 Å². The van der Waals surface area contributed by atoms with Crippen LogP contribution in [0.5, 0.6) is 0 Å². The molecule has 2 unspecified atom stereocenters. The van der Waals surface area contributed by atoms with E-state index in [0.29, 0.717) is 17.9 Å². The van der Waals surface area contributed by atoms with Crippen LogP contribution in [-0.2, 0) is 22.7 Å². The zero-order valence-corrected chi connectivity index (χ0v) is 19.7. The minimum Gasteiger partial charge on any atom is -0.304 e. The van der Waals surface area contributed by atoms with Crippen molar-refractivity contribution in [2.24, 2.45) is 11.3 Å². The fourth-order valence-electron chi connectivity index (χ4n) is 5.13. The summed E-state index contributed by atoms with van der Waals surface area (Å²) in [5, 5.41) is 14.8. The molecular formula is C24H29N5O3S. The lowest BCUT2D eigenvalue weighted by atomic mass is 9.76. The molecule has 1 amide bonds. The van der Waals surface area contributed by atoms with E-state index < -0.39 is 9.84 Å². The smallest absolute Gasteiger partial charge is 0.277 e. The van der Waals surface area contributed by atoms with Crippen LogP contribution in [0, 0.1) is 11.3 Å². The molecule has 2 aliphatic rings. The van der Waals surface area contributed by atoms with Gasteiger partial charge in [0.1, 0.15) is 0 Å². The molecule has 1 aliphatic heterocycles. The lowest BCUT2D eigenvalue weighted by Gasteiger charge is -2.28. The highest BCUT2D eigenvalue weighted by Crippen LogP contribution is 2.36. The zero-order chi connectivity index (χ0) is 23.2. The molecule has 1 fully saturated rings. The number of aromatic nitrogens is 4. The van der Waals surface area contributed by atoms with E-state index in [1.54, 1.807) is 16.9 Å². The normalized spacial score (nSPS) is 21.9. The monoisotopic (exact) mass is 467 g/mol. The predicted molar refractivity (Wildman–Crippen MR) is 126 cm³/mol. The van der Waals surface area contributed by atoms with E-state index in [0.717, 1.165) is 36.1 Å². The van der Waals surface area contributed by atoms with Crippen molar-refractivity contribution >= 4 is 21.6 Å². The van der Waals surface area contributed by atoms with Crippen LogP contribution in [0.2, 0.25) is 0 Å². The van der Waals surface area contributed by atoms with E-state index in [1.807, 2.05) is 30.3 Å². The summed E-state index contributed by atoms with van der Waals surface area (Å²) in [7, 11) is -3.04. The second kappa shape index (κ2) is 8.13. The Morgan fingerprint density at radius 1 is 1.24 bits per heavy atom. The third-order valence-corrected chi connectivity index (χ3v) is 8.66. The summed E-state index contributed by atoms with van der Waals surface area (Å²) in [5.74, 6) is 0.422. The molecule has 33 heavy (non-hydrogen) atoms. The fraction of sp³-hybridized carbons (Fsp3) is 0.458. The van der Waals surface area contributed by atoms with Crippen LogP contribution in [0.25, 0.3) is 0 Å². The first-order valence-corrected chi connectivity index (χ1v) is 13.2. The number of anilines is 1. The SMILES string of the molecule is CC1(C)CCc2c(C(=O)Nc3ccn(C(c4ccccc4)C4CCS(=O)(=O)C4)n3)n[nH]c2C1. The van der Waals surface area contributed by atoms with Gasteiger partial charge in [0.05, 0.1) is 17.5 Å². The van der Waals surface area contributed by atoms with Crippen molar-refractivity contribution in [3.63, 3.8) is 0 Å². The van der Waals surface area contributed by atoms with Crippen molar-refractivity contribution in [1.82, 2.24) is 20.0 Å². The number of aromatic amines is 1. The Labute approximate surface area is 193 Å². The van der Waals surface area contributed by atoms with Gasteiger partial charge in [-0.3, -0.25) is 14.6 Å². The van der Waals surface area contributed by atoms with Gasteiger partial charge in [0.2, 0.25) is 0 Å². The van der Waals surface area contributed by atoms with E-state index >= 15 is 0 Å². The molecule has 5 rings (SSSR count). The van der Waals surface area contributed by atoms with Crippen LogP contribution in [0.3, 0.4) is 0 Å². The molecule has 8 nitrogen and oxygen atoms in total. The number of carbonyl (C=O) groups is 1. The Kier molecular flexibility index (Phi) is 5.39. The van der Waals surface area contributed by atoms with E-state index in [-0.39, 0.29) is 34.8 Å². The molecule has 3 heterocycles. The van der Waals surface area contributed by atoms with Gasteiger partial charge in [-0.15, -0.1) is 0 Å². The van der Waals surface area contributed by atoms with E-state index in [9.17, 15) is 13.2 Å². The van der Waals surface area contributed by atoms with Gasteiger partial charge in [0, 0.05) is 29.4 Å². The van der Waals surface area contributed by atoms with Crippen LogP contribution in [-0.4, -0.2) is 45.8 Å². The average molecular weight is 468 g/mol. The van der Waals surface area contributed by atoms with Gasteiger partial charge >= 0.3 is 0 Å². The maximum absolute atomic E-state index is 13.0. The largest absolute Gasteiger partial charge is 0.304 e. The molecule has 2 aromatic heterocycles. The molecule has 0 radical (unpaired) electrons. The van der Waals surface area contributed by atoms with E-state index in [1.165, 1.54) is 0 Å². The number of amides is 1. The first kappa shape index (κ1) is 21.9. The molecule has 1 aromatic carbocycles. The standard InChI is InChI=1S/C24H29N5O3S/c1-24(2)11-8-18-19(14-24)26-27-21(18)23(30)25-20-9-12-29(28-20)22(16-6-4-3-5-7-16)17-10-13-33(31,32)15-17/h3-7,9,12,17,22H,8,10-11,13-15H2,1-2H3,(H,26,27)(H,25,28,30). The highest BCUT2D eigenvalue weighted by Gasteiger charge is 2.36.